The van der Waals surface area contributed by atoms with Gasteiger partial charge in [-0.2, -0.15) is 13.2 Å². The van der Waals surface area contributed by atoms with Crippen LogP contribution in [0.2, 0.25) is 0 Å². The van der Waals surface area contributed by atoms with Crippen LogP contribution >= 0.6 is 0 Å². The number of alkyl halides is 3. The molecular formula is C12H25F3N2. The lowest BCUT2D eigenvalue weighted by atomic mass is 9.88. The zero-order valence-corrected chi connectivity index (χ0v) is 11.1. The van der Waals surface area contributed by atoms with Gasteiger partial charge in [0.1, 0.15) is 0 Å². The summed E-state index contributed by atoms with van der Waals surface area (Å²) in [5.74, 6) is 0. The second-order valence-corrected chi connectivity index (χ2v) is 5.36. The molecule has 0 aliphatic carbocycles. The van der Waals surface area contributed by atoms with Crippen molar-refractivity contribution in [3.63, 3.8) is 0 Å². The molecule has 0 saturated carbocycles. The molecule has 0 unspecified atom stereocenters. The molecule has 0 saturated heterocycles. The topological polar surface area (TPSA) is 29.3 Å². The van der Waals surface area contributed by atoms with Gasteiger partial charge in [-0.05, 0) is 44.3 Å². The third kappa shape index (κ3) is 9.41. The first kappa shape index (κ1) is 16.7. The highest BCUT2D eigenvalue weighted by Gasteiger charge is 2.30. The van der Waals surface area contributed by atoms with Gasteiger partial charge in [-0.3, -0.25) is 4.90 Å². The van der Waals surface area contributed by atoms with Gasteiger partial charge in [-0.1, -0.05) is 20.8 Å². The number of hydrogen-bond acceptors (Lipinski definition) is 2. The Morgan fingerprint density at radius 2 is 1.71 bits per heavy atom. The zero-order valence-electron chi connectivity index (χ0n) is 11.1. The first-order valence-corrected chi connectivity index (χ1v) is 6.19. The largest absolute Gasteiger partial charge is 0.401 e. The first-order chi connectivity index (χ1) is 7.70. The van der Waals surface area contributed by atoms with E-state index in [-0.39, 0.29) is 5.41 Å². The highest BCUT2D eigenvalue weighted by Crippen LogP contribution is 2.22. The maximum Gasteiger partial charge on any atom is 0.401 e. The predicted octanol–water partition coefficient (Wildman–Crippen LogP) is 3.03. The van der Waals surface area contributed by atoms with Crippen LogP contribution < -0.4 is 5.73 Å². The Balaban J connectivity index is 4.01. The number of hydrogen-bond donors (Lipinski definition) is 1. The van der Waals surface area contributed by atoms with Gasteiger partial charge in [-0.15, -0.1) is 0 Å². The minimum absolute atomic E-state index is 0.0239. The fourth-order valence-corrected chi connectivity index (χ4v) is 1.72. The highest BCUT2D eigenvalue weighted by atomic mass is 19.4. The molecule has 2 N–H and O–H groups in total. The van der Waals surface area contributed by atoms with Crippen molar-refractivity contribution in [2.75, 3.05) is 26.2 Å². The van der Waals surface area contributed by atoms with Crippen LogP contribution in [0.25, 0.3) is 0 Å². The van der Waals surface area contributed by atoms with Gasteiger partial charge in [0, 0.05) is 0 Å². The standard InChI is InChI=1S/C12H25F3N2/c1-4-7-17(10-12(13,14)15)8-5-6-11(2,3)9-16/h4-10,16H2,1-3H3. The second-order valence-electron chi connectivity index (χ2n) is 5.36. The first-order valence-electron chi connectivity index (χ1n) is 6.19. The van der Waals surface area contributed by atoms with Gasteiger partial charge in [0.05, 0.1) is 6.54 Å². The molecule has 0 aliphatic rings. The highest BCUT2D eigenvalue weighted by molar-refractivity contribution is 4.71. The maximum atomic E-state index is 12.3. The van der Waals surface area contributed by atoms with Crippen molar-refractivity contribution in [1.82, 2.24) is 4.90 Å². The lowest BCUT2D eigenvalue weighted by Crippen LogP contribution is -2.36. The summed E-state index contributed by atoms with van der Waals surface area (Å²) in [4.78, 5) is 1.48. The Morgan fingerprint density at radius 3 is 2.12 bits per heavy atom. The Hall–Kier alpha value is -0.290. The summed E-state index contributed by atoms with van der Waals surface area (Å²) in [7, 11) is 0. The van der Waals surface area contributed by atoms with Gasteiger partial charge in [0.15, 0.2) is 0 Å². The summed E-state index contributed by atoms with van der Waals surface area (Å²) in [6.45, 7) is 6.75. The summed E-state index contributed by atoms with van der Waals surface area (Å²) in [6.07, 6.45) is -1.73. The van der Waals surface area contributed by atoms with Gasteiger partial charge in [-0.25, -0.2) is 0 Å². The molecule has 0 aliphatic heterocycles. The molecule has 2 nitrogen and oxygen atoms in total. The fourth-order valence-electron chi connectivity index (χ4n) is 1.72. The minimum Gasteiger partial charge on any atom is -0.330 e. The van der Waals surface area contributed by atoms with Gasteiger partial charge in [0.2, 0.25) is 0 Å². The van der Waals surface area contributed by atoms with Crippen molar-refractivity contribution in [3.05, 3.63) is 0 Å². The number of rotatable bonds is 8. The van der Waals surface area contributed by atoms with Crippen molar-refractivity contribution >= 4 is 0 Å². The van der Waals surface area contributed by atoms with Crippen LogP contribution in [0.5, 0.6) is 0 Å². The number of nitrogens with zero attached hydrogens (tertiary/aromatic N) is 1. The van der Waals surface area contributed by atoms with Crippen LogP contribution in [0, 0.1) is 5.41 Å². The second kappa shape index (κ2) is 7.21. The van der Waals surface area contributed by atoms with Crippen LogP contribution in [0.1, 0.15) is 40.0 Å². The van der Waals surface area contributed by atoms with Crippen LogP contribution in [-0.4, -0.2) is 37.3 Å². The van der Waals surface area contributed by atoms with E-state index in [1.54, 1.807) is 0 Å². The molecule has 5 heteroatoms. The lowest BCUT2D eigenvalue weighted by Gasteiger charge is -2.26. The van der Waals surface area contributed by atoms with Crippen molar-refractivity contribution in [2.24, 2.45) is 11.1 Å². The Labute approximate surface area is 102 Å². The molecule has 0 spiro atoms. The third-order valence-corrected chi connectivity index (χ3v) is 2.82. The normalized spacial score (nSPS) is 13.4. The predicted molar refractivity (Wildman–Crippen MR) is 64.9 cm³/mol. The third-order valence-electron chi connectivity index (χ3n) is 2.82. The Morgan fingerprint density at radius 1 is 1.12 bits per heavy atom. The van der Waals surface area contributed by atoms with Crippen LogP contribution in [0.4, 0.5) is 13.2 Å². The molecule has 0 heterocycles. The Bertz CT molecular complexity index is 202. The van der Waals surface area contributed by atoms with E-state index in [2.05, 4.69) is 0 Å². The van der Waals surface area contributed by atoms with E-state index >= 15 is 0 Å². The van der Waals surface area contributed by atoms with E-state index in [4.69, 9.17) is 5.73 Å². The molecule has 0 amide bonds. The van der Waals surface area contributed by atoms with E-state index in [0.717, 1.165) is 19.3 Å². The summed E-state index contributed by atoms with van der Waals surface area (Å²) >= 11 is 0. The Kier molecular flexibility index (Phi) is 7.09. The molecule has 0 aromatic heterocycles. The molecule has 0 atom stereocenters. The summed E-state index contributed by atoms with van der Waals surface area (Å²) in [5.41, 5.74) is 5.61. The van der Waals surface area contributed by atoms with Gasteiger partial charge < -0.3 is 5.73 Å². The van der Waals surface area contributed by atoms with Crippen LogP contribution in [0.15, 0.2) is 0 Å². The maximum absolute atomic E-state index is 12.3. The minimum atomic E-state index is -4.10. The molecule has 0 bridgehead atoms. The van der Waals surface area contributed by atoms with Gasteiger partial charge in [0.25, 0.3) is 0 Å². The van der Waals surface area contributed by atoms with Crippen LogP contribution in [-0.2, 0) is 0 Å². The molecule has 0 radical (unpaired) electrons. The van der Waals surface area contributed by atoms with Gasteiger partial charge >= 0.3 is 6.18 Å². The summed E-state index contributed by atoms with van der Waals surface area (Å²) in [5, 5.41) is 0. The van der Waals surface area contributed by atoms with E-state index < -0.39 is 12.7 Å². The molecular weight excluding hydrogens is 229 g/mol. The van der Waals surface area contributed by atoms with E-state index in [1.165, 1.54) is 4.90 Å². The summed E-state index contributed by atoms with van der Waals surface area (Å²) in [6, 6.07) is 0. The number of halogens is 3. The lowest BCUT2D eigenvalue weighted by molar-refractivity contribution is -0.146. The SMILES string of the molecule is CCCN(CCCC(C)(C)CN)CC(F)(F)F. The number of nitrogens with two attached hydrogens (primary N) is 1. The van der Waals surface area contributed by atoms with Crippen molar-refractivity contribution < 1.29 is 13.2 Å². The molecule has 17 heavy (non-hydrogen) atoms. The zero-order chi connectivity index (χ0) is 13.5. The van der Waals surface area contributed by atoms with E-state index in [9.17, 15) is 13.2 Å². The van der Waals surface area contributed by atoms with E-state index in [0.29, 0.717) is 19.6 Å². The monoisotopic (exact) mass is 254 g/mol. The molecule has 0 aromatic rings. The van der Waals surface area contributed by atoms with Crippen molar-refractivity contribution in [3.8, 4) is 0 Å². The fraction of sp³-hybridized carbons (Fsp3) is 1.00. The summed E-state index contributed by atoms with van der Waals surface area (Å²) < 4.78 is 36.9. The average Bonchev–Trinajstić information content (AvgIpc) is 2.15. The molecule has 0 rings (SSSR count). The smallest absolute Gasteiger partial charge is 0.330 e. The van der Waals surface area contributed by atoms with Crippen LogP contribution in [0.3, 0.4) is 0 Å². The molecule has 0 aromatic carbocycles. The van der Waals surface area contributed by atoms with Crippen molar-refractivity contribution in [2.45, 2.75) is 46.2 Å². The van der Waals surface area contributed by atoms with Crippen molar-refractivity contribution in [1.29, 1.82) is 0 Å². The quantitative estimate of drug-likeness (QED) is 0.721. The average molecular weight is 254 g/mol. The molecule has 0 fully saturated rings. The van der Waals surface area contributed by atoms with E-state index in [1.807, 2.05) is 20.8 Å². The molecule has 104 valence electrons.